The zero-order valence-electron chi connectivity index (χ0n) is 26.8. The van der Waals surface area contributed by atoms with Gasteiger partial charge in [-0.1, -0.05) is 35.3 Å². The van der Waals surface area contributed by atoms with E-state index in [1.807, 2.05) is 0 Å². The number of methoxy groups -OCH3 is 3. The number of aromatic hydroxyl groups is 3. The second-order valence-electron chi connectivity index (χ2n) is 10.6. The first-order valence-electron chi connectivity index (χ1n) is 14.3. The molecule has 14 heteroatoms. The normalized spacial score (nSPS) is 11.6. The minimum atomic E-state index is -0.835. The molecule has 0 amide bonds. The lowest BCUT2D eigenvalue weighted by Crippen LogP contribution is -2.11. The van der Waals surface area contributed by atoms with E-state index in [0.29, 0.717) is 16.7 Å². The van der Waals surface area contributed by atoms with Crippen molar-refractivity contribution >= 4 is 46.1 Å². The molecule has 1 aromatic heterocycles. The van der Waals surface area contributed by atoms with Gasteiger partial charge in [0.05, 0.1) is 37.3 Å². The van der Waals surface area contributed by atoms with Crippen molar-refractivity contribution in [1.29, 1.82) is 0 Å². The van der Waals surface area contributed by atoms with Gasteiger partial charge >= 0.3 is 11.9 Å². The maximum absolute atomic E-state index is 12.7. The number of carbonyl (C=O) groups is 2. The van der Waals surface area contributed by atoms with Crippen molar-refractivity contribution in [1.82, 2.24) is 0 Å². The van der Waals surface area contributed by atoms with Crippen LogP contribution < -0.4 is 24.4 Å². The molecule has 0 radical (unpaired) electrons. The summed E-state index contributed by atoms with van der Waals surface area (Å²) < 4.78 is 31.6. The summed E-state index contributed by atoms with van der Waals surface area (Å²) >= 11 is 12.2. The van der Waals surface area contributed by atoms with Crippen LogP contribution in [0.1, 0.15) is 37.4 Å². The minimum absolute atomic E-state index is 0.0131. The molecule has 2 heterocycles. The summed E-state index contributed by atoms with van der Waals surface area (Å²) in [5.74, 6) is -1.95. The van der Waals surface area contributed by atoms with Crippen molar-refractivity contribution < 1.29 is 53.0 Å². The molecule has 3 N–H and O–H groups in total. The maximum atomic E-state index is 12.7. The predicted octanol–water partition coefficient (Wildman–Crippen LogP) is 7.62. The largest absolute Gasteiger partial charge is 0.507 e. The summed E-state index contributed by atoms with van der Waals surface area (Å²) in [7, 11) is 4.16. The van der Waals surface area contributed by atoms with Gasteiger partial charge < -0.3 is 43.4 Å². The first kappa shape index (κ1) is 34.7. The second-order valence-corrected chi connectivity index (χ2v) is 11.4. The fourth-order valence-electron chi connectivity index (χ4n) is 5.21. The van der Waals surface area contributed by atoms with E-state index in [1.165, 1.54) is 53.4 Å². The number of phenolic OH excluding ortho intramolecular Hbond substituents is 3. The van der Waals surface area contributed by atoms with Crippen molar-refractivity contribution in [2.24, 2.45) is 0 Å². The lowest BCUT2D eigenvalue weighted by atomic mass is 10.0. The van der Waals surface area contributed by atoms with Gasteiger partial charge in [-0.3, -0.25) is 4.79 Å². The summed E-state index contributed by atoms with van der Waals surface area (Å²) in [6, 6.07) is 10.1. The molecule has 0 spiro atoms. The fourth-order valence-corrected chi connectivity index (χ4v) is 5.68. The molecular weight excluding hydrogens is 683 g/mol. The van der Waals surface area contributed by atoms with E-state index in [0.717, 1.165) is 5.56 Å². The third kappa shape index (κ3) is 5.89. The Labute approximate surface area is 288 Å². The van der Waals surface area contributed by atoms with E-state index >= 15 is 0 Å². The fraction of sp³-hybridized carbons (Fsp3) is 0.171. The number of ether oxygens (including phenoxy) is 5. The summed E-state index contributed by atoms with van der Waals surface area (Å²) in [5.41, 5.74) is 1.46. The Bertz CT molecular complexity index is 2220. The van der Waals surface area contributed by atoms with Crippen LogP contribution in [-0.2, 0) is 4.74 Å². The topological polar surface area (TPSA) is 171 Å². The number of carbonyl (C=O) groups excluding carboxylic acids is 2. The molecule has 0 aliphatic carbocycles. The zero-order valence-corrected chi connectivity index (χ0v) is 28.3. The lowest BCUT2D eigenvalue weighted by Gasteiger charge is -2.17. The smallest absolute Gasteiger partial charge is 0.347 e. The van der Waals surface area contributed by atoms with E-state index in [2.05, 4.69) is 0 Å². The van der Waals surface area contributed by atoms with Crippen molar-refractivity contribution in [3.8, 4) is 57.1 Å². The molecule has 5 aromatic rings. The van der Waals surface area contributed by atoms with Crippen molar-refractivity contribution in [3.05, 3.63) is 90.7 Å². The molecule has 0 saturated carbocycles. The number of fused-ring (bicyclic) bond motifs is 3. The molecule has 0 unspecified atom stereocenters. The van der Waals surface area contributed by atoms with Gasteiger partial charge in [-0.25, -0.2) is 9.59 Å². The highest BCUT2D eigenvalue weighted by molar-refractivity contribution is 6.39. The van der Waals surface area contributed by atoms with E-state index in [-0.39, 0.29) is 77.6 Å². The van der Waals surface area contributed by atoms with Gasteiger partial charge in [0.2, 0.25) is 11.2 Å². The summed E-state index contributed by atoms with van der Waals surface area (Å²) in [4.78, 5) is 37.4. The summed E-state index contributed by atoms with van der Waals surface area (Å²) in [5, 5.41) is 30.2. The SMILES string of the molecule is COC(=O)c1c(C)c2c(c(C)c1O)OC(=O)c1c(C)c(Cl)c(O)c(Cl)c1O2.COc1ccc(-c2coc3c(OC)c(O)ccc3c2=O)cc1. The molecular formula is C35H28Cl2O12. The number of esters is 2. The number of hydrogen-bond acceptors (Lipinski definition) is 12. The van der Waals surface area contributed by atoms with Crippen molar-refractivity contribution in [2.75, 3.05) is 21.3 Å². The Hall–Kier alpha value is -5.59. The molecule has 12 nitrogen and oxygen atoms in total. The molecule has 6 rings (SSSR count). The molecule has 0 fully saturated rings. The zero-order chi connectivity index (χ0) is 35.9. The van der Waals surface area contributed by atoms with Crippen LogP contribution in [-0.4, -0.2) is 48.6 Å². The Morgan fingerprint density at radius 2 is 1.41 bits per heavy atom. The highest BCUT2D eigenvalue weighted by Gasteiger charge is 2.35. The third-order valence-electron chi connectivity index (χ3n) is 7.87. The number of phenols is 3. The van der Waals surface area contributed by atoms with Gasteiger partial charge in [-0.2, -0.15) is 0 Å². The number of rotatable bonds is 4. The van der Waals surface area contributed by atoms with Gasteiger partial charge in [-0.05, 0) is 56.2 Å². The predicted molar refractivity (Wildman–Crippen MR) is 180 cm³/mol. The Kier molecular flexibility index (Phi) is 9.57. The van der Waals surface area contributed by atoms with Gasteiger partial charge in [0.25, 0.3) is 0 Å². The standard InChI is InChI=1S/C18H14Cl2O7.C17H14O5/c1-5-9-16(11(20)13(22)10(5)19)26-14-6(2)8(17(23)25-4)12(21)7(3)15(14)27-18(9)24;1-20-11-5-3-10(4-6-11)13-9-22-16-12(15(13)19)7-8-14(18)17(16)21-2/h21-22H,1-4H3;3-9,18H,1-2H3. The van der Waals surface area contributed by atoms with Crippen LogP contribution in [0.5, 0.6) is 46.0 Å². The van der Waals surface area contributed by atoms with Crippen LogP contribution >= 0.6 is 23.2 Å². The second kappa shape index (κ2) is 13.5. The molecule has 0 saturated heterocycles. The van der Waals surface area contributed by atoms with Crippen LogP contribution in [0, 0.1) is 20.8 Å². The lowest BCUT2D eigenvalue weighted by molar-refractivity contribution is 0.0595. The van der Waals surface area contributed by atoms with E-state index in [9.17, 15) is 29.7 Å². The van der Waals surface area contributed by atoms with E-state index < -0.39 is 23.4 Å². The molecule has 49 heavy (non-hydrogen) atoms. The first-order valence-corrected chi connectivity index (χ1v) is 15.0. The molecule has 1 aliphatic rings. The summed E-state index contributed by atoms with van der Waals surface area (Å²) in [6.45, 7) is 4.43. The molecule has 0 bridgehead atoms. The van der Waals surface area contributed by atoms with Crippen molar-refractivity contribution in [3.63, 3.8) is 0 Å². The van der Waals surface area contributed by atoms with Crippen LogP contribution in [0.15, 0.2) is 51.9 Å². The van der Waals surface area contributed by atoms with Crippen molar-refractivity contribution in [2.45, 2.75) is 20.8 Å². The van der Waals surface area contributed by atoms with Gasteiger partial charge in [0.1, 0.15) is 33.9 Å². The van der Waals surface area contributed by atoms with Gasteiger partial charge in [0.15, 0.2) is 34.3 Å². The van der Waals surface area contributed by atoms with Crippen LogP contribution in [0.3, 0.4) is 0 Å². The number of halogens is 2. The quantitative estimate of drug-likeness (QED) is 0.123. The monoisotopic (exact) mass is 710 g/mol. The van der Waals surface area contributed by atoms with Gasteiger partial charge in [0, 0.05) is 11.1 Å². The molecule has 254 valence electrons. The average molecular weight is 712 g/mol. The Morgan fingerprint density at radius 1 is 0.755 bits per heavy atom. The molecule has 1 aliphatic heterocycles. The number of benzene rings is 4. The Balaban J connectivity index is 0.000000195. The van der Waals surface area contributed by atoms with Crippen LogP contribution in [0.2, 0.25) is 10.0 Å². The average Bonchev–Trinajstić information content (AvgIpc) is 3.26. The summed E-state index contributed by atoms with van der Waals surface area (Å²) in [6.07, 6.45) is 1.37. The van der Waals surface area contributed by atoms with Gasteiger partial charge in [-0.15, -0.1) is 0 Å². The maximum Gasteiger partial charge on any atom is 0.347 e. The molecule has 4 aromatic carbocycles. The van der Waals surface area contributed by atoms with E-state index in [1.54, 1.807) is 31.4 Å². The molecule has 0 atom stereocenters. The third-order valence-corrected chi connectivity index (χ3v) is 8.69. The van der Waals surface area contributed by atoms with E-state index in [4.69, 9.17) is 51.3 Å². The first-order chi connectivity index (χ1) is 23.3. The Morgan fingerprint density at radius 3 is 2.02 bits per heavy atom. The van der Waals surface area contributed by atoms with Crippen LogP contribution in [0.25, 0.3) is 22.1 Å². The highest BCUT2D eigenvalue weighted by atomic mass is 35.5. The number of hydrogen-bond donors (Lipinski definition) is 3. The van der Waals surface area contributed by atoms with Crippen LogP contribution in [0.4, 0.5) is 0 Å². The minimum Gasteiger partial charge on any atom is -0.507 e. The highest BCUT2D eigenvalue weighted by Crippen LogP contribution is 2.52.